The van der Waals surface area contributed by atoms with Gasteiger partial charge in [-0.25, -0.2) is 0 Å². The van der Waals surface area contributed by atoms with E-state index in [1.165, 1.54) is 0 Å². The first-order chi connectivity index (χ1) is 4.00. The van der Waals surface area contributed by atoms with Crippen LogP contribution in [0.15, 0.2) is 0 Å². The van der Waals surface area contributed by atoms with Crippen molar-refractivity contribution in [3.63, 3.8) is 0 Å². The van der Waals surface area contributed by atoms with E-state index < -0.39 is 15.3 Å². The van der Waals surface area contributed by atoms with E-state index in [2.05, 4.69) is 4.89 Å². The van der Waals surface area contributed by atoms with Crippen molar-refractivity contribution < 1.29 is 152 Å². The van der Waals surface area contributed by atoms with Crippen molar-refractivity contribution in [2.45, 2.75) is 0 Å². The van der Waals surface area contributed by atoms with Gasteiger partial charge in [-0.2, -0.15) is 0 Å². The van der Waals surface area contributed by atoms with Gasteiger partial charge in [0.15, 0.2) is 0 Å². The van der Waals surface area contributed by atoms with E-state index in [4.69, 9.17) is 29.2 Å². The smallest absolute Gasteiger partial charge is 0.755 e. The molecule has 0 amide bonds. The second kappa shape index (κ2) is 29.4. The molecule has 0 aromatic heterocycles. The molecular formula is CNa4O7Si. The van der Waals surface area contributed by atoms with Crippen molar-refractivity contribution in [3.05, 3.63) is 0 Å². The van der Waals surface area contributed by atoms with Crippen molar-refractivity contribution in [3.8, 4) is 0 Å². The summed E-state index contributed by atoms with van der Waals surface area (Å²) in [6, 6.07) is 0. The zero-order valence-electron chi connectivity index (χ0n) is 7.86. The maximum atomic E-state index is 8.72. The molecular weight excluding hydrogens is 244 g/mol. The third-order valence-electron chi connectivity index (χ3n) is 0.0680. The van der Waals surface area contributed by atoms with E-state index in [0.717, 1.165) is 0 Å². The zero-order valence-corrected chi connectivity index (χ0v) is 16.9. The van der Waals surface area contributed by atoms with Gasteiger partial charge in [0.05, 0.1) is 0 Å². The van der Waals surface area contributed by atoms with Gasteiger partial charge in [-0.05, 0) is 0 Å². The van der Waals surface area contributed by atoms with E-state index in [1.54, 1.807) is 0 Å². The third-order valence-corrected chi connectivity index (χ3v) is 0.0680. The summed E-state index contributed by atoms with van der Waals surface area (Å²) < 4.78 is 8.52. The summed E-state index contributed by atoms with van der Waals surface area (Å²) >= 11 is 0. The van der Waals surface area contributed by atoms with Crippen LogP contribution < -0.4 is 138 Å². The molecule has 0 aliphatic heterocycles. The van der Waals surface area contributed by atoms with Gasteiger partial charge in [0.2, 0.25) is 6.16 Å². The Hall–Kier alpha value is 2.85. The van der Waals surface area contributed by atoms with Gasteiger partial charge in [0.25, 0.3) is 0 Å². The third kappa shape index (κ3) is 104. The summed E-state index contributed by atoms with van der Waals surface area (Å²) in [6.45, 7) is 0. The average molecular weight is 244 g/mol. The van der Waals surface area contributed by atoms with Crippen LogP contribution in [-0.4, -0.2) is 15.3 Å². The van der Waals surface area contributed by atoms with Crippen LogP contribution in [0, 0.1) is 0 Å². The molecule has 0 saturated carbocycles. The van der Waals surface area contributed by atoms with E-state index in [0.29, 0.717) is 0 Å². The normalized spacial score (nSPS) is 4.38. The van der Waals surface area contributed by atoms with Crippen molar-refractivity contribution >= 4 is 15.3 Å². The maximum absolute atomic E-state index is 8.72. The van der Waals surface area contributed by atoms with Crippen LogP contribution in [0.1, 0.15) is 0 Å². The predicted octanol–water partition coefficient (Wildman–Crippen LogP) is -17.2. The Morgan fingerprint density at radius 2 is 1.15 bits per heavy atom. The molecule has 0 unspecified atom stereocenters. The van der Waals surface area contributed by atoms with Crippen molar-refractivity contribution in [2.24, 2.45) is 0 Å². The minimum atomic E-state index is -3.63. The first kappa shape index (κ1) is 36.0. The summed E-state index contributed by atoms with van der Waals surface area (Å²) in [5.74, 6) is 0. The Kier molecular flexibility index (Phi) is 81.4. The van der Waals surface area contributed by atoms with Gasteiger partial charge in [-0.1, -0.05) is 0 Å². The molecule has 12 heteroatoms. The van der Waals surface area contributed by atoms with E-state index in [9.17, 15) is 0 Å². The maximum Gasteiger partial charge on any atom is 1.00 e. The largest absolute Gasteiger partial charge is 1.00 e. The fourth-order valence-electron chi connectivity index (χ4n) is 0. The van der Waals surface area contributed by atoms with Crippen LogP contribution in [0.5, 0.6) is 0 Å². The first-order valence-electron chi connectivity index (χ1n) is 1.39. The molecule has 13 heavy (non-hydrogen) atoms. The number of carboxylic acid groups (broad SMARTS) is 1. The standard InChI is InChI=1S/CH2O4.4Na.O3Si/c2-1(3)5-4;;;;;1-4(2)3/h4H,(H,2,3);;;;;/q;4*+1;-2/p-2. The van der Waals surface area contributed by atoms with Gasteiger partial charge in [-0.15, -0.1) is 0 Å². The molecule has 0 aliphatic rings. The van der Waals surface area contributed by atoms with Gasteiger partial charge >= 0.3 is 118 Å². The molecule has 0 aromatic rings. The molecule has 0 radical (unpaired) electrons. The Labute approximate surface area is 164 Å². The summed E-state index contributed by atoms with van der Waals surface area (Å²) in [6.07, 6.45) is -2.05. The summed E-state index contributed by atoms with van der Waals surface area (Å²) in [5, 5.41) is 17.2. The molecule has 0 spiro atoms. The number of carbonyl (C=O) groups is 1. The molecule has 0 bridgehead atoms. The molecule has 0 saturated heterocycles. The predicted molar refractivity (Wildman–Crippen MR) is 12.9 cm³/mol. The number of carbonyl (C=O) groups excluding carboxylic acids is 1. The summed E-state index contributed by atoms with van der Waals surface area (Å²) in [4.78, 5) is 28.1. The van der Waals surface area contributed by atoms with Gasteiger partial charge in [0, 0.05) is 9.17 Å². The SMILES string of the molecule is O=C([O-])O[O-].O=[Si]([O-])[O-].[Na+].[Na+].[Na+].[Na+]. The molecule has 0 aromatic carbocycles. The van der Waals surface area contributed by atoms with Crippen LogP contribution in [0.3, 0.4) is 0 Å². The molecule has 0 heterocycles. The second-order valence-corrected chi connectivity index (χ2v) is 1.08. The zero-order chi connectivity index (χ0) is 7.86. The quantitative estimate of drug-likeness (QED) is 0.234. The molecule has 0 aliphatic carbocycles. The fourth-order valence-corrected chi connectivity index (χ4v) is 0. The monoisotopic (exact) mass is 244 g/mol. The average Bonchev–Trinajstić information content (AvgIpc) is 1.65. The minimum Gasteiger partial charge on any atom is -0.755 e. The topological polar surface area (TPSA) is 136 Å². The molecule has 0 rings (SSSR count). The van der Waals surface area contributed by atoms with Gasteiger partial charge in [0.1, 0.15) is 0 Å². The van der Waals surface area contributed by atoms with Crippen LogP contribution in [-0.2, 0) is 9.35 Å². The molecule has 7 nitrogen and oxygen atoms in total. The Morgan fingerprint density at radius 1 is 1.08 bits per heavy atom. The van der Waals surface area contributed by atoms with E-state index >= 15 is 0 Å². The molecule has 0 fully saturated rings. The molecule has 0 atom stereocenters. The van der Waals surface area contributed by atoms with E-state index in [-0.39, 0.29) is 118 Å². The number of rotatable bonds is 0. The Morgan fingerprint density at radius 3 is 1.15 bits per heavy atom. The number of hydrogen-bond donors (Lipinski definition) is 0. The first-order valence-corrected chi connectivity index (χ1v) is 2.62. The van der Waals surface area contributed by atoms with Gasteiger partial charge in [-0.3, -0.25) is 0 Å². The van der Waals surface area contributed by atoms with Crippen LogP contribution in [0.25, 0.3) is 0 Å². The summed E-state index contributed by atoms with van der Waals surface area (Å²) in [7, 11) is -3.63. The summed E-state index contributed by atoms with van der Waals surface area (Å²) in [5.41, 5.74) is 0. The Bertz CT molecular complexity index is 105. The minimum absolute atomic E-state index is 0. The van der Waals surface area contributed by atoms with Crippen molar-refractivity contribution in [1.82, 2.24) is 0 Å². The molecule has 54 valence electrons. The van der Waals surface area contributed by atoms with E-state index in [1.807, 2.05) is 0 Å². The van der Waals surface area contributed by atoms with Gasteiger partial charge < -0.3 is 34.1 Å². The van der Waals surface area contributed by atoms with Crippen LogP contribution >= 0.6 is 0 Å². The van der Waals surface area contributed by atoms with Crippen molar-refractivity contribution in [1.29, 1.82) is 0 Å². The van der Waals surface area contributed by atoms with Crippen molar-refractivity contribution in [2.75, 3.05) is 0 Å². The fraction of sp³-hybridized carbons (Fsp3) is 0. The Balaban J connectivity index is -0.0000000146. The van der Waals surface area contributed by atoms with Crippen LogP contribution in [0.2, 0.25) is 0 Å². The van der Waals surface area contributed by atoms with Crippen LogP contribution in [0.4, 0.5) is 4.79 Å². The number of hydrogen-bond acceptors (Lipinski definition) is 7. The second-order valence-electron chi connectivity index (χ2n) is 0.583. The molecule has 0 N–H and O–H groups in total.